The second-order valence-electron chi connectivity index (χ2n) is 5.65. The molecule has 0 radical (unpaired) electrons. The van der Waals surface area contributed by atoms with Crippen molar-refractivity contribution in [2.45, 2.75) is 0 Å². The quantitative estimate of drug-likeness (QED) is 0.449. The molecule has 0 atom stereocenters. The Labute approximate surface area is 165 Å². The lowest BCUT2D eigenvalue weighted by atomic mass is 10.2. The lowest BCUT2D eigenvalue weighted by Crippen LogP contribution is -2.12. The third kappa shape index (κ3) is 4.39. The summed E-state index contributed by atoms with van der Waals surface area (Å²) in [6.45, 7) is 0. The molecule has 3 rings (SSSR count). The molecule has 0 heterocycles. The predicted molar refractivity (Wildman–Crippen MR) is 106 cm³/mol. The van der Waals surface area contributed by atoms with E-state index in [1.165, 1.54) is 25.3 Å². The second kappa shape index (κ2) is 8.41. The summed E-state index contributed by atoms with van der Waals surface area (Å²) in [5.41, 5.74) is 0.696. The fourth-order valence-electron chi connectivity index (χ4n) is 2.46. The first kappa shape index (κ1) is 19.2. The van der Waals surface area contributed by atoms with Crippen molar-refractivity contribution in [1.29, 1.82) is 0 Å². The van der Waals surface area contributed by atoms with E-state index in [0.29, 0.717) is 22.7 Å². The lowest BCUT2D eigenvalue weighted by Gasteiger charge is -2.10. The number of benzene rings is 3. The van der Waals surface area contributed by atoms with E-state index in [1.807, 2.05) is 0 Å². The number of methoxy groups -OCH3 is 1. The van der Waals surface area contributed by atoms with Gasteiger partial charge >= 0.3 is 5.69 Å². The molecule has 0 aliphatic carbocycles. The van der Waals surface area contributed by atoms with Gasteiger partial charge in [-0.05, 0) is 48.5 Å². The van der Waals surface area contributed by atoms with E-state index in [0.717, 1.165) is 0 Å². The fourth-order valence-corrected chi connectivity index (χ4v) is 2.63. The molecule has 0 aromatic heterocycles. The predicted octanol–water partition coefficient (Wildman–Crippen LogP) is 5.30. The van der Waals surface area contributed by atoms with E-state index in [4.69, 9.17) is 21.1 Å². The highest BCUT2D eigenvalue weighted by Gasteiger charge is 2.17. The van der Waals surface area contributed by atoms with Crippen molar-refractivity contribution < 1.29 is 19.2 Å². The molecule has 1 amide bonds. The molecule has 0 aliphatic rings. The first-order valence-electron chi connectivity index (χ1n) is 8.14. The first-order chi connectivity index (χ1) is 13.5. The lowest BCUT2D eigenvalue weighted by molar-refractivity contribution is -0.385. The van der Waals surface area contributed by atoms with Crippen molar-refractivity contribution in [2.75, 3.05) is 12.4 Å². The van der Waals surface area contributed by atoms with Crippen LogP contribution in [0.5, 0.6) is 17.2 Å². The molecule has 1 N–H and O–H groups in total. The molecule has 0 saturated carbocycles. The minimum Gasteiger partial charge on any atom is -0.495 e. The third-order valence-electron chi connectivity index (χ3n) is 3.82. The molecule has 3 aromatic carbocycles. The summed E-state index contributed by atoms with van der Waals surface area (Å²) in [4.78, 5) is 23.0. The van der Waals surface area contributed by atoms with Crippen LogP contribution in [0.4, 0.5) is 11.4 Å². The van der Waals surface area contributed by atoms with Gasteiger partial charge in [-0.1, -0.05) is 23.7 Å². The maximum Gasteiger partial charge on any atom is 0.313 e. The number of carbonyl (C=O) groups is 1. The number of nitrogens with zero attached hydrogens (tertiary/aromatic N) is 1. The third-order valence-corrected chi connectivity index (χ3v) is 4.05. The van der Waals surface area contributed by atoms with Crippen LogP contribution in [0.15, 0.2) is 66.7 Å². The van der Waals surface area contributed by atoms with E-state index in [9.17, 15) is 14.9 Å². The number of rotatable bonds is 6. The maximum absolute atomic E-state index is 12.4. The number of hydrogen-bond acceptors (Lipinski definition) is 5. The SMILES string of the molecule is COc1ccccc1NC(=O)c1ccc(Oc2ccc(Cl)cc2[N+](=O)[O-])cc1. The van der Waals surface area contributed by atoms with Gasteiger partial charge in [0.15, 0.2) is 0 Å². The van der Waals surface area contributed by atoms with Crippen LogP contribution in [0, 0.1) is 10.1 Å². The molecule has 0 unspecified atom stereocenters. The highest BCUT2D eigenvalue weighted by atomic mass is 35.5. The Morgan fingerprint density at radius 1 is 1.04 bits per heavy atom. The molecule has 28 heavy (non-hydrogen) atoms. The summed E-state index contributed by atoms with van der Waals surface area (Å²) in [5, 5.41) is 14.1. The van der Waals surface area contributed by atoms with Gasteiger partial charge in [-0.25, -0.2) is 0 Å². The zero-order valence-corrected chi connectivity index (χ0v) is 15.5. The highest BCUT2D eigenvalue weighted by Crippen LogP contribution is 2.33. The summed E-state index contributed by atoms with van der Waals surface area (Å²) in [5.74, 6) is 0.624. The number of ether oxygens (including phenoxy) is 2. The van der Waals surface area contributed by atoms with Crippen molar-refractivity contribution >= 4 is 28.9 Å². The van der Waals surface area contributed by atoms with Crippen LogP contribution in [-0.2, 0) is 0 Å². The average Bonchev–Trinajstić information content (AvgIpc) is 2.70. The van der Waals surface area contributed by atoms with Gasteiger partial charge in [-0.3, -0.25) is 14.9 Å². The Hall–Kier alpha value is -3.58. The minimum atomic E-state index is -0.573. The number of nitro benzene ring substituents is 1. The number of amides is 1. The summed E-state index contributed by atoms with van der Waals surface area (Å²) < 4.78 is 10.8. The number of nitro groups is 1. The van der Waals surface area contributed by atoms with Gasteiger partial charge in [0, 0.05) is 16.7 Å². The number of nitrogens with one attached hydrogen (secondary N) is 1. The van der Waals surface area contributed by atoms with E-state index in [2.05, 4.69) is 5.32 Å². The maximum atomic E-state index is 12.4. The number of carbonyl (C=O) groups excluding carboxylic acids is 1. The van der Waals surface area contributed by atoms with Crippen LogP contribution in [0.1, 0.15) is 10.4 Å². The number of para-hydroxylation sites is 2. The van der Waals surface area contributed by atoms with Gasteiger partial charge < -0.3 is 14.8 Å². The summed E-state index contributed by atoms with van der Waals surface area (Å²) in [6, 6.07) is 17.4. The molecule has 0 fully saturated rings. The van der Waals surface area contributed by atoms with E-state index >= 15 is 0 Å². The molecule has 0 aliphatic heterocycles. The Bertz CT molecular complexity index is 1020. The number of anilines is 1. The molecule has 0 spiro atoms. The normalized spacial score (nSPS) is 10.2. The Balaban J connectivity index is 1.75. The van der Waals surface area contributed by atoms with Crippen LogP contribution >= 0.6 is 11.6 Å². The van der Waals surface area contributed by atoms with Crippen molar-refractivity contribution in [2.24, 2.45) is 0 Å². The number of hydrogen-bond donors (Lipinski definition) is 1. The summed E-state index contributed by atoms with van der Waals surface area (Å²) >= 11 is 5.79. The van der Waals surface area contributed by atoms with Gasteiger partial charge in [-0.2, -0.15) is 0 Å². The molecular formula is C20H15ClN2O5. The van der Waals surface area contributed by atoms with Crippen molar-refractivity contribution in [3.8, 4) is 17.2 Å². The minimum absolute atomic E-state index is 0.0561. The zero-order chi connectivity index (χ0) is 20.1. The van der Waals surface area contributed by atoms with Crippen molar-refractivity contribution in [3.63, 3.8) is 0 Å². The van der Waals surface area contributed by atoms with Crippen molar-refractivity contribution in [3.05, 3.63) is 87.4 Å². The van der Waals surface area contributed by atoms with Crippen LogP contribution in [0.3, 0.4) is 0 Å². The van der Waals surface area contributed by atoms with E-state index < -0.39 is 4.92 Å². The van der Waals surface area contributed by atoms with Gasteiger partial charge in [0.2, 0.25) is 5.75 Å². The molecule has 0 bridgehead atoms. The van der Waals surface area contributed by atoms with Gasteiger partial charge in [0.05, 0.1) is 17.7 Å². The zero-order valence-electron chi connectivity index (χ0n) is 14.7. The summed E-state index contributed by atoms with van der Waals surface area (Å²) in [7, 11) is 1.52. The van der Waals surface area contributed by atoms with E-state index in [1.54, 1.807) is 48.5 Å². The molecule has 7 nitrogen and oxygen atoms in total. The van der Waals surface area contributed by atoms with E-state index in [-0.39, 0.29) is 22.4 Å². The van der Waals surface area contributed by atoms with Gasteiger partial charge in [0.1, 0.15) is 11.5 Å². The molecule has 142 valence electrons. The standard InChI is InChI=1S/C20H15ClN2O5/c1-27-18-5-3-2-4-16(18)22-20(24)13-6-9-15(10-7-13)28-19-11-8-14(21)12-17(19)23(25)26/h2-12H,1H3,(H,22,24). The Morgan fingerprint density at radius 2 is 1.75 bits per heavy atom. The molecule has 0 saturated heterocycles. The van der Waals surface area contributed by atoms with Crippen LogP contribution in [0.2, 0.25) is 5.02 Å². The highest BCUT2D eigenvalue weighted by molar-refractivity contribution is 6.30. The molecular weight excluding hydrogens is 384 g/mol. The van der Waals surface area contributed by atoms with Crippen LogP contribution in [0.25, 0.3) is 0 Å². The Kier molecular flexibility index (Phi) is 5.76. The van der Waals surface area contributed by atoms with Crippen LogP contribution in [-0.4, -0.2) is 17.9 Å². The average molecular weight is 399 g/mol. The largest absolute Gasteiger partial charge is 0.495 e. The van der Waals surface area contributed by atoms with Gasteiger partial charge in [0.25, 0.3) is 5.91 Å². The smallest absolute Gasteiger partial charge is 0.313 e. The van der Waals surface area contributed by atoms with Gasteiger partial charge in [-0.15, -0.1) is 0 Å². The topological polar surface area (TPSA) is 90.7 Å². The van der Waals surface area contributed by atoms with Crippen molar-refractivity contribution in [1.82, 2.24) is 0 Å². The first-order valence-corrected chi connectivity index (χ1v) is 8.52. The Morgan fingerprint density at radius 3 is 2.43 bits per heavy atom. The monoisotopic (exact) mass is 398 g/mol. The second-order valence-corrected chi connectivity index (χ2v) is 6.09. The molecule has 3 aromatic rings. The molecule has 8 heteroatoms. The van der Waals surface area contributed by atoms with Crippen LogP contribution < -0.4 is 14.8 Å². The summed E-state index contributed by atoms with van der Waals surface area (Å²) in [6.07, 6.45) is 0. The fraction of sp³-hybridized carbons (Fsp3) is 0.0500. The number of halogens is 1.